The lowest BCUT2D eigenvalue weighted by molar-refractivity contribution is 0.0340. The maximum atomic E-state index is 2.58. The molecule has 6 atom stereocenters. The van der Waals surface area contributed by atoms with Crippen molar-refractivity contribution in [2.45, 2.75) is 156 Å². The summed E-state index contributed by atoms with van der Waals surface area (Å²) >= 11 is 0. The van der Waals surface area contributed by atoms with Crippen molar-refractivity contribution in [3.63, 3.8) is 0 Å². The van der Waals surface area contributed by atoms with Crippen LogP contribution in [0.4, 0.5) is 0 Å². The van der Waals surface area contributed by atoms with Crippen LogP contribution in [0.2, 0.25) is 0 Å². The van der Waals surface area contributed by atoms with Crippen LogP contribution in [0.5, 0.6) is 0 Å². The third kappa shape index (κ3) is 6.53. The highest BCUT2D eigenvalue weighted by Gasteiger charge is 2.60. The zero-order valence-electron chi connectivity index (χ0n) is 22.1. The quantitative estimate of drug-likeness (QED) is 0.240. The fraction of sp³-hybridized carbons (Fsp3) is 1.00. The van der Waals surface area contributed by atoms with E-state index in [0.717, 1.165) is 40.9 Å². The molecule has 0 heteroatoms. The molecule has 0 aromatic heterocycles. The second kappa shape index (κ2) is 13.0. The van der Waals surface area contributed by atoms with Gasteiger partial charge in [-0.25, -0.2) is 0 Å². The van der Waals surface area contributed by atoms with Crippen LogP contribution < -0.4 is 0 Å². The van der Waals surface area contributed by atoms with E-state index < -0.39 is 0 Å². The fourth-order valence-electron chi connectivity index (χ4n) is 8.77. The number of fused-ring (bicyclic) bond motifs is 3. The van der Waals surface area contributed by atoms with Crippen molar-refractivity contribution in [2.75, 3.05) is 0 Å². The van der Waals surface area contributed by atoms with Crippen LogP contribution in [0.1, 0.15) is 156 Å². The standard InChI is InChI=1S/C31H58/c1-5-7-9-11-13-15-21-31(22-16-14-12-10-8-6-2)29-23-25(3)17-19-27(29)28-20-18-26(4)24-30(28)31/h25-30H,5-24H2,1-4H3. The van der Waals surface area contributed by atoms with Crippen LogP contribution in [0.15, 0.2) is 0 Å². The van der Waals surface area contributed by atoms with Crippen molar-refractivity contribution in [1.29, 1.82) is 0 Å². The highest BCUT2D eigenvalue weighted by Crippen LogP contribution is 2.67. The maximum absolute atomic E-state index is 2.58. The predicted molar refractivity (Wildman–Crippen MR) is 138 cm³/mol. The van der Waals surface area contributed by atoms with Crippen molar-refractivity contribution in [3.8, 4) is 0 Å². The van der Waals surface area contributed by atoms with E-state index in [9.17, 15) is 0 Å². The van der Waals surface area contributed by atoms with Gasteiger partial charge in [-0.2, -0.15) is 0 Å². The van der Waals surface area contributed by atoms with E-state index in [0.29, 0.717) is 0 Å². The van der Waals surface area contributed by atoms with Gasteiger partial charge in [-0.1, -0.05) is 118 Å². The monoisotopic (exact) mass is 430 g/mol. The molecule has 3 aliphatic carbocycles. The van der Waals surface area contributed by atoms with Crippen LogP contribution in [0, 0.1) is 40.9 Å². The first-order chi connectivity index (χ1) is 15.1. The molecule has 0 saturated heterocycles. The molecule has 0 N–H and O–H groups in total. The molecule has 3 saturated carbocycles. The van der Waals surface area contributed by atoms with Crippen LogP contribution in [-0.2, 0) is 0 Å². The summed E-state index contributed by atoms with van der Waals surface area (Å²) in [6, 6.07) is 0. The molecule has 31 heavy (non-hydrogen) atoms. The first-order valence-electron chi connectivity index (χ1n) is 15.1. The van der Waals surface area contributed by atoms with E-state index in [1.807, 2.05) is 0 Å². The van der Waals surface area contributed by atoms with Gasteiger partial charge in [0.1, 0.15) is 0 Å². The Morgan fingerprint density at radius 3 is 1.32 bits per heavy atom. The van der Waals surface area contributed by atoms with E-state index in [1.54, 1.807) is 38.5 Å². The molecule has 0 amide bonds. The topological polar surface area (TPSA) is 0 Å². The molecule has 0 nitrogen and oxygen atoms in total. The maximum Gasteiger partial charge on any atom is -0.0235 e. The Morgan fingerprint density at radius 2 is 0.903 bits per heavy atom. The van der Waals surface area contributed by atoms with E-state index in [4.69, 9.17) is 0 Å². The van der Waals surface area contributed by atoms with Gasteiger partial charge in [0.15, 0.2) is 0 Å². The lowest BCUT2D eigenvalue weighted by Crippen LogP contribution is -2.37. The molecule has 0 heterocycles. The lowest BCUT2D eigenvalue weighted by atomic mass is 9.59. The average molecular weight is 431 g/mol. The second-order valence-electron chi connectivity index (χ2n) is 12.6. The summed E-state index contributed by atoms with van der Waals surface area (Å²) in [7, 11) is 0. The molecule has 0 aromatic carbocycles. The summed E-state index contributed by atoms with van der Waals surface area (Å²) < 4.78 is 0. The van der Waals surface area contributed by atoms with E-state index in [2.05, 4.69) is 27.7 Å². The normalized spacial score (nSPS) is 34.5. The van der Waals surface area contributed by atoms with Crippen molar-refractivity contribution in [2.24, 2.45) is 40.9 Å². The Balaban J connectivity index is 1.70. The summed E-state index contributed by atoms with van der Waals surface area (Å²) in [6.07, 6.45) is 30.3. The summed E-state index contributed by atoms with van der Waals surface area (Å²) in [5.41, 5.74) is 0.730. The Hall–Kier alpha value is 0. The smallest absolute Gasteiger partial charge is 0.0235 e. The highest BCUT2D eigenvalue weighted by molar-refractivity contribution is 5.08. The first kappa shape index (κ1) is 25.6. The fourth-order valence-corrected chi connectivity index (χ4v) is 8.77. The molecule has 0 aromatic rings. The Morgan fingerprint density at radius 1 is 0.516 bits per heavy atom. The zero-order chi connectivity index (χ0) is 22.1. The molecule has 0 radical (unpaired) electrons. The molecule has 182 valence electrons. The van der Waals surface area contributed by atoms with Gasteiger partial charge in [0.05, 0.1) is 0 Å². The Labute approximate surface area is 197 Å². The number of unbranched alkanes of at least 4 members (excludes halogenated alkanes) is 10. The molecule has 3 aliphatic rings. The van der Waals surface area contributed by atoms with Gasteiger partial charge in [-0.05, 0) is 79.4 Å². The minimum atomic E-state index is 0.730. The molecule has 0 aliphatic heterocycles. The number of hydrogen-bond acceptors (Lipinski definition) is 0. The molecular weight excluding hydrogens is 372 g/mol. The number of hydrogen-bond donors (Lipinski definition) is 0. The van der Waals surface area contributed by atoms with Crippen molar-refractivity contribution in [3.05, 3.63) is 0 Å². The van der Waals surface area contributed by atoms with Crippen molar-refractivity contribution >= 4 is 0 Å². The van der Waals surface area contributed by atoms with Gasteiger partial charge >= 0.3 is 0 Å². The Bertz CT molecular complexity index is 434. The predicted octanol–water partition coefficient (Wildman–Crippen LogP) is 10.6. The van der Waals surface area contributed by atoms with Gasteiger partial charge in [0.2, 0.25) is 0 Å². The highest BCUT2D eigenvalue weighted by atomic mass is 14.6. The van der Waals surface area contributed by atoms with Gasteiger partial charge in [-0.15, -0.1) is 0 Å². The molecular formula is C31H58. The summed E-state index contributed by atoms with van der Waals surface area (Å²) in [5.74, 6) is 6.37. The minimum absolute atomic E-state index is 0.730. The molecule has 6 unspecified atom stereocenters. The summed E-state index contributed by atoms with van der Waals surface area (Å²) in [4.78, 5) is 0. The second-order valence-corrected chi connectivity index (χ2v) is 12.6. The Kier molecular flexibility index (Phi) is 10.8. The van der Waals surface area contributed by atoms with Crippen LogP contribution >= 0.6 is 0 Å². The first-order valence-corrected chi connectivity index (χ1v) is 15.1. The van der Waals surface area contributed by atoms with Gasteiger partial charge in [0, 0.05) is 0 Å². The van der Waals surface area contributed by atoms with Crippen molar-refractivity contribution in [1.82, 2.24) is 0 Å². The largest absolute Gasteiger partial charge is 0.0654 e. The van der Waals surface area contributed by atoms with Crippen molar-refractivity contribution < 1.29 is 0 Å². The van der Waals surface area contributed by atoms with Gasteiger partial charge in [0.25, 0.3) is 0 Å². The third-order valence-corrected chi connectivity index (χ3v) is 10.4. The SMILES string of the molecule is CCCCCCCCC1(CCCCCCCC)C2CC(C)CCC2C2CCC(C)CC21. The summed E-state index contributed by atoms with van der Waals surface area (Å²) in [5, 5.41) is 0. The van der Waals surface area contributed by atoms with Gasteiger partial charge in [-0.3, -0.25) is 0 Å². The van der Waals surface area contributed by atoms with E-state index >= 15 is 0 Å². The van der Waals surface area contributed by atoms with Crippen LogP contribution in [0.3, 0.4) is 0 Å². The van der Waals surface area contributed by atoms with Gasteiger partial charge < -0.3 is 0 Å². The minimum Gasteiger partial charge on any atom is -0.0654 e. The van der Waals surface area contributed by atoms with E-state index in [1.165, 1.54) is 89.9 Å². The number of rotatable bonds is 14. The summed E-state index contributed by atoms with van der Waals surface area (Å²) in [6.45, 7) is 9.87. The average Bonchev–Trinajstić information content (AvgIpc) is 3.02. The molecule has 3 fully saturated rings. The van der Waals surface area contributed by atoms with Crippen LogP contribution in [0.25, 0.3) is 0 Å². The molecule has 0 spiro atoms. The zero-order valence-corrected chi connectivity index (χ0v) is 22.1. The van der Waals surface area contributed by atoms with E-state index in [-0.39, 0.29) is 0 Å². The molecule has 0 bridgehead atoms. The lowest BCUT2D eigenvalue weighted by Gasteiger charge is -2.46. The van der Waals surface area contributed by atoms with Crippen LogP contribution in [-0.4, -0.2) is 0 Å². The molecule has 3 rings (SSSR count). The third-order valence-electron chi connectivity index (χ3n) is 10.4.